The molecule has 152 valence electrons. The Morgan fingerprint density at radius 3 is 1.74 bits per heavy atom. The van der Waals surface area contributed by atoms with Gasteiger partial charge in [-0.3, -0.25) is 0 Å². The third-order valence-electron chi connectivity index (χ3n) is 3.63. The molecule has 0 aromatic heterocycles. The molecule has 0 aromatic rings. The van der Waals surface area contributed by atoms with Crippen molar-refractivity contribution in [2.45, 2.75) is 51.1 Å². The van der Waals surface area contributed by atoms with Crippen LogP contribution in [-0.4, -0.2) is 46.9 Å². The summed E-state index contributed by atoms with van der Waals surface area (Å²) in [5, 5.41) is 8.73. The predicted octanol–water partition coefficient (Wildman–Crippen LogP) is 3.41. The van der Waals surface area contributed by atoms with Gasteiger partial charge in [-0.15, -0.1) is 0 Å². The van der Waals surface area contributed by atoms with E-state index in [1.807, 2.05) is 6.55 Å². The lowest BCUT2D eigenvalue weighted by Gasteiger charge is -2.27. The Balaban J connectivity index is 4.08. The summed E-state index contributed by atoms with van der Waals surface area (Å²) in [4.78, 5) is 21.9. The Morgan fingerprint density at radius 2 is 1.33 bits per heavy atom. The topological polar surface area (TPSA) is 94.8 Å². The molecule has 0 amide bonds. The van der Waals surface area contributed by atoms with E-state index in [9.17, 15) is 9.59 Å². The monoisotopic (exact) mass is 397 g/mol. The number of hydrogen-bond acceptors (Lipinski definition) is 7. The summed E-state index contributed by atoms with van der Waals surface area (Å²) >= 11 is 0. The Morgan fingerprint density at radius 1 is 0.889 bits per heavy atom. The molecule has 0 unspecified atom stereocenters. The van der Waals surface area contributed by atoms with Gasteiger partial charge in [-0.2, -0.15) is 5.26 Å². The Bertz CT molecular complexity index is 471. The highest BCUT2D eigenvalue weighted by atomic mass is 28.4. The average Bonchev–Trinajstić information content (AvgIpc) is 2.67. The van der Waals surface area contributed by atoms with Crippen LogP contribution in [0.25, 0.3) is 0 Å². The molecule has 0 fully saturated rings. The number of nitrogens with zero attached hydrogens (tertiary/aromatic N) is 1. The molecule has 0 heterocycles. The molecular weight excluding hydrogens is 366 g/mol. The van der Waals surface area contributed by atoms with Gasteiger partial charge in [0, 0.05) is 31.8 Å². The SMILES string of the molecule is C=CC(=O)OCCCCO[Si](C)(CCCC#N)OCCCCOC(=O)C=C. The highest BCUT2D eigenvalue weighted by Crippen LogP contribution is 2.18. The first-order valence-corrected chi connectivity index (χ1v) is 11.7. The second kappa shape index (κ2) is 16.2. The molecule has 27 heavy (non-hydrogen) atoms. The quantitative estimate of drug-likeness (QED) is 0.161. The van der Waals surface area contributed by atoms with Gasteiger partial charge in [-0.05, 0) is 44.7 Å². The van der Waals surface area contributed by atoms with E-state index in [1.165, 1.54) is 0 Å². The zero-order chi connectivity index (χ0) is 20.4. The molecule has 0 aliphatic heterocycles. The molecule has 0 aliphatic rings. The molecule has 0 spiro atoms. The first-order chi connectivity index (χ1) is 13.0. The summed E-state index contributed by atoms with van der Waals surface area (Å²) in [7, 11) is -2.36. The molecule has 0 saturated carbocycles. The molecule has 0 saturated heterocycles. The third kappa shape index (κ3) is 14.9. The van der Waals surface area contributed by atoms with Crippen LogP contribution in [0, 0.1) is 11.3 Å². The minimum atomic E-state index is -2.36. The average molecular weight is 398 g/mol. The summed E-state index contributed by atoms with van der Waals surface area (Å²) in [6, 6.07) is 2.89. The Hall–Kier alpha value is -1.95. The van der Waals surface area contributed by atoms with Crippen molar-refractivity contribution >= 4 is 20.5 Å². The molecule has 0 radical (unpaired) electrons. The number of ether oxygens (including phenoxy) is 2. The molecule has 0 aliphatic carbocycles. The normalized spacial score (nSPS) is 10.7. The van der Waals surface area contributed by atoms with Crippen molar-refractivity contribution in [2.24, 2.45) is 0 Å². The standard InChI is InChI=1S/C19H31NO6Si/c1-4-18(21)23-13-7-9-15-25-27(3,17-11-6-12-20)26-16-10-8-14-24-19(22)5-2/h4-5H,1-2,6-11,13-17H2,3H3. The largest absolute Gasteiger partial charge is 0.463 e. The van der Waals surface area contributed by atoms with E-state index in [1.54, 1.807) is 0 Å². The van der Waals surface area contributed by atoms with E-state index in [-0.39, 0.29) is 0 Å². The van der Waals surface area contributed by atoms with Crippen molar-refractivity contribution in [3.05, 3.63) is 25.3 Å². The number of carbonyl (C=O) groups is 2. The van der Waals surface area contributed by atoms with Crippen LogP contribution in [0.4, 0.5) is 0 Å². The molecule has 7 nitrogen and oxygen atoms in total. The number of esters is 2. The summed E-state index contributed by atoms with van der Waals surface area (Å²) < 4.78 is 21.9. The molecule has 0 N–H and O–H groups in total. The predicted molar refractivity (Wildman–Crippen MR) is 104 cm³/mol. The van der Waals surface area contributed by atoms with Crippen LogP contribution in [0.2, 0.25) is 12.6 Å². The van der Waals surface area contributed by atoms with Gasteiger partial charge in [0.2, 0.25) is 0 Å². The number of nitriles is 1. The second-order valence-electron chi connectivity index (χ2n) is 6.00. The van der Waals surface area contributed by atoms with Crippen molar-refractivity contribution in [2.75, 3.05) is 26.4 Å². The first-order valence-electron chi connectivity index (χ1n) is 9.20. The summed E-state index contributed by atoms with van der Waals surface area (Å²) in [6.07, 6.45) is 6.42. The number of carbonyl (C=O) groups excluding carboxylic acids is 2. The van der Waals surface area contributed by atoms with Gasteiger partial charge < -0.3 is 18.3 Å². The van der Waals surface area contributed by atoms with Crippen molar-refractivity contribution in [3.8, 4) is 6.07 Å². The molecule has 8 heteroatoms. The van der Waals surface area contributed by atoms with Crippen LogP contribution >= 0.6 is 0 Å². The number of rotatable bonds is 17. The minimum absolute atomic E-state index is 0.338. The summed E-state index contributed by atoms with van der Waals surface area (Å²) in [6.45, 7) is 10.4. The van der Waals surface area contributed by atoms with E-state index in [2.05, 4.69) is 19.2 Å². The van der Waals surface area contributed by atoms with Crippen LogP contribution in [0.5, 0.6) is 0 Å². The van der Waals surface area contributed by atoms with Gasteiger partial charge in [0.1, 0.15) is 0 Å². The minimum Gasteiger partial charge on any atom is -0.463 e. The number of unbranched alkanes of at least 4 members (excludes halogenated alkanes) is 3. The lowest BCUT2D eigenvalue weighted by molar-refractivity contribution is -0.138. The Labute approximate surface area is 163 Å². The van der Waals surface area contributed by atoms with Crippen LogP contribution in [0.3, 0.4) is 0 Å². The fraction of sp³-hybridized carbons (Fsp3) is 0.632. The lowest BCUT2D eigenvalue weighted by atomic mass is 10.3. The van der Waals surface area contributed by atoms with E-state index >= 15 is 0 Å². The highest BCUT2D eigenvalue weighted by Gasteiger charge is 2.30. The Kier molecular flexibility index (Phi) is 15.1. The maximum atomic E-state index is 11.0. The van der Waals surface area contributed by atoms with E-state index in [4.69, 9.17) is 23.6 Å². The van der Waals surface area contributed by atoms with Gasteiger partial charge in [0.15, 0.2) is 0 Å². The number of hydrogen-bond donors (Lipinski definition) is 0. The fourth-order valence-corrected chi connectivity index (χ4v) is 4.47. The first kappa shape index (κ1) is 25.0. The van der Waals surface area contributed by atoms with Crippen molar-refractivity contribution in [1.82, 2.24) is 0 Å². The van der Waals surface area contributed by atoms with Gasteiger partial charge in [-0.25, -0.2) is 9.59 Å². The molecule has 0 atom stereocenters. The molecule has 0 aromatic carbocycles. The van der Waals surface area contributed by atoms with Gasteiger partial charge in [0.25, 0.3) is 0 Å². The van der Waals surface area contributed by atoms with E-state index in [0.29, 0.717) is 45.7 Å². The van der Waals surface area contributed by atoms with Crippen LogP contribution in [-0.2, 0) is 27.9 Å². The molecular formula is C19H31NO6Si. The molecule has 0 rings (SSSR count). The maximum Gasteiger partial charge on any atom is 0.334 e. The van der Waals surface area contributed by atoms with Crippen LogP contribution in [0.15, 0.2) is 25.3 Å². The van der Waals surface area contributed by atoms with Crippen LogP contribution < -0.4 is 0 Å². The summed E-state index contributed by atoms with van der Waals surface area (Å²) in [5.41, 5.74) is 0. The van der Waals surface area contributed by atoms with Gasteiger partial charge >= 0.3 is 20.5 Å². The molecule has 0 bridgehead atoms. The lowest BCUT2D eigenvalue weighted by Crippen LogP contribution is -2.39. The third-order valence-corrected chi connectivity index (χ3v) is 6.52. The van der Waals surface area contributed by atoms with Crippen LogP contribution in [0.1, 0.15) is 38.5 Å². The smallest absolute Gasteiger partial charge is 0.334 e. The van der Waals surface area contributed by atoms with E-state index in [0.717, 1.165) is 37.5 Å². The zero-order valence-corrected chi connectivity index (χ0v) is 17.2. The maximum absolute atomic E-state index is 11.0. The second-order valence-corrected chi connectivity index (χ2v) is 9.34. The van der Waals surface area contributed by atoms with Gasteiger partial charge in [0.05, 0.1) is 19.3 Å². The highest BCUT2D eigenvalue weighted by molar-refractivity contribution is 6.66. The van der Waals surface area contributed by atoms with Crippen molar-refractivity contribution in [3.63, 3.8) is 0 Å². The summed E-state index contributed by atoms with van der Waals surface area (Å²) in [5.74, 6) is -0.845. The van der Waals surface area contributed by atoms with Gasteiger partial charge in [-0.1, -0.05) is 13.2 Å². The van der Waals surface area contributed by atoms with E-state index < -0.39 is 20.5 Å². The van der Waals surface area contributed by atoms with Crippen molar-refractivity contribution < 1.29 is 27.9 Å². The fourth-order valence-electron chi connectivity index (χ4n) is 2.12. The van der Waals surface area contributed by atoms with Crippen molar-refractivity contribution in [1.29, 1.82) is 5.26 Å². The zero-order valence-electron chi connectivity index (χ0n) is 16.2.